The van der Waals surface area contributed by atoms with Crippen molar-refractivity contribution in [3.8, 4) is 11.5 Å². The van der Waals surface area contributed by atoms with Crippen molar-refractivity contribution in [2.45, 2.75) is 13.1 Å². The van der Waals surface area contributed by atoms with E-state index in [4.69, 9.17) is 14.2 Å². The lowest BCUT2D eigenvalue weighted by Gasteiger charge is -2.12. The Morgan fingerprint density at radius 1 is 1.16 bits per heavy atom. The number of halogens is 3. The molecule has 0 N–H and O–H groups in total. The molecule has 2 aliphatic rings. The van der Waals surface area contributed by atoms with E-state index in [-0.39, 0.29) is 24.7 Å². The average molecular weight is 432 g/mol. The van der Waals surface area contributed by atoms with Crippen molar-refractivity contribution in [3.63, 3.8) is 0 Å². The fourth-order valence-electron chi connectivity index (χ4n) is 3.05. The molecule has 4 rings (SSSR count). The molecule has 31 heavy (non-hydrogen) atoms. The van der Waals surface area contributed by atoms with Gasteiger partial charge in [0.15, 0.2) is 17.2 Å². The maximum Gasteiger partial charge on any atom is 0.435 e. The molecule has 0 fully saturated rings. The topological polar surface area (TPSA) is 77.4 Å². The number of ether oxygens (including phenoxy) is 3. The van der Waals surface area contributed by atoms with Gasteiger partial charge in [0.2, 0.25) is 6.79 Å². The molecular weight excluding hydrogens is 417 g/mol. The van der Waals surface area contributed by atoms with Crippen LogP contribution in [0.4, 0.5) is 18.9 Å². The van der Waals surface area contributed by atoms with Gasteiger partial charge in [0, 0.05) is 0 Å². The van der Waals surface area contributed by atoms with Crippen molar-refractivity contribution in [2.75, 3.05) is 18.4 Å². The summed E-state index contributed by atoms with van der Waals surface area (Å²) in [5, 5.41) is 4.16. The quantitative estimate of drug-likeness (QED) is 0.540. The van der Waals surface area contributed by atoms with E-state index in [1.165, 1.54) is 36.4 Å². The second-order valence-corrected chi connectivity index (χ2v) is 6.50. The average Bonchev–Trinajstić information content (AvgIpc) is 3.33. The minimum Gasteiger partial charge on any atom is -0.462 e. The molecule has 0 bridgehead atoms. The molecule has 0 saturated carbocycles. The zero-order valence-corrected chi connectivity index (χ0v) is 16.1. The second-order valence-electron chi connectivity index (χ2n) is 6.50. The van der Waals surface area contributed by atoms with Crippen LogP contribution in [0, 0.1) is 0 Å². The first kappa shape index (κ1) is 20.5. The van der Waals surface area contributed by atoms with Gasteiger partial charge in [-0.25, -0.2) is 4.79 Å². The molecule has 10 heteroatoms. The van der Waals surface area contributed by atoms with Crippen LogP contribution < -0.4 is 14.5 Å². The molecule has 0 radical (unpaired) electrons. The van der Waals surface area contributed by atoms with E-state index in [0.717, 1.165) is 6.08 Å². The molecule has 2 aromatic carbocycles. The van der Waals surface area contributed by atoms with Crippen LogP contribution in [0.15, 0.2) is 53.1 Å². The highest BCUT2D eigenvalue weighted by molar-refractivity contribution is 6.34. The van der Waals surface area contributed by atoms with E-state index in [1.54, 1.807) is 13.0 Å². The van der Waals surface area contributed by atoms with Crippen LogP contribution in [-0.2, 0) is 9.53 Å². The van der Waals surface area contributed by atoms with Crippen LogP contribution in [0.5, 0.6) is 11.5 Å². The molecule has 0 aromatic heterocycles. The number of esters is 1. The summed E-state index contributed by atoms with van der Waals surface area (Å²) in [5.41, 5.74) is -1.32. The lowest BCUT2D eigenvalue weighted by atomic mass is 10.1. The number of carbonyl (C=O) groups is 2. The second kappa shape index (κ2) is 7.78. The fraction of sp³-hybridized carbons (Fsp3) is 0.190. The van der Waals surface area contributed by atoms with Crippen LogP contribution in [0.3, 0.4) is 0 Å². The molecular formula is C21H15F3N2O5. The van der Waals surface area contributed by atoms with Gasteiger partial charge in [-0.05, 0) is 55.0 Å². The molecule has 2 aromatic rings. The van der Waals surface area contributed by atoms with Crippen LogP contribution in [0.2, 0.25) is 0 Å². The Hall–Kier alpha value is -3.82. The van der Waals surface area contributed by atoms with E-state index in [2.05, 4.69) is 5.10 Å². The molecule has 0 unspecified atom stereocenters. The summed E-state index contributed by atoms with van der Waals surface area (Å²) in [6.45, 7) is 1.84. The summed E-state index contributed by atoms with van der Waals surface area (Å²) in [7, 11) is 0. The van der Waals surface area contributed by atoms with Gasteiger partial charge in [-0.1, -0.05) is 6.07 Å². The number of hydrogen-bond acceptors (Lipinski definition) is 6. The monoisotopic (exact) mass is 432 g/mol. The molecule has 2 heterocycles. The van der Waals surface area contributed by atoms with E-state index >= 15 is 0 Å². The Morgan fingerprint density at radius 2 is 1.87 bits per heavy atom. The number of nitrogens with zero attached hydrogens (tertiary/aromatic N) is 2. The molecule has 0 atom stereocenters. The molecule has 2 aliphatic heterocycles. The van der Waals surface area contributed by atoms with Crippen LogP contribution in [0.25, 0.3) is 6.08 Å². The Balaban J connectivity index is 1.68. The van der Waals surface area contributed by atoms with E-state index in [0.29, 0.717) is 22.1 Å². The maximum absolute atomic E-state index is 13.6. The normalized spacial score (nSPS) is 16.6. The fourth-order valence-corrected chi connectivity index (χ4v) is 3.05. The smallest absolute Gasteiger partial charge is 0.435 e. The van der Waals surface area contributed by atoms with Crippen molar-refractivity contribution in [2.24, 2.45) is 5.10 Å². The zero-order chi connectivity index (χ0) is 22.2. The third kappa shape index (κ3) is 3.96. The number of carbonyl (C=O) groups excluding carboxylic acids is 2. The Kier molecular flexibility index (Phi) is 5.14. The molecule has 1 amide bonds. The van der Waals surface area contributed by atoms with Gasteiger partial charge < -0.3 is 14.2 Å². The summed E-state index contributed by atoms with van der Waals surface area (Å²) in [6, 6.07) is 9.89. The van der Waals surface area contributed by atoms with Crippen LogP contribution in [0.1, 0.15) is 22.8 Å². The first-order valence-electron chi connectivity index (χ1n) is 9.17. The number of benzene rings is 2. The SMILES string of the molecule is CCOC(=O)c1ccc(N2N=C(C(F)(F)F)C(=Cc3ccc4c(c3)OCO4)C2=O)cc1. The number of hydrogen-bond donors (Lipinski definition) is 0. The third-order valence-electron chi connectivity index (χ3n) is 4.48. The van der Waals surface area contributed by atoms with E-state index < -0.39 is 29.3 Å². The molecule has 0 aliphatic carbocycles. The standard InChI is InChI=1S/C21H15F3N2O5/c1-2-29-20(28)13-4-6-14(7-5-13)26-19(27)15(18(25-26)21(22,23)24)9-12-3-8-16-17(10-12)31-11-30-16/h3-10H,2,11H2,1H3. The van der Waals surface area contributed by atoms with Gasteiger partial charge in [0.1, 0.15) is 0 Å². The predicted octanol–water partition coefficient (Wildman–Crippen LogP) is 3.94. The van der Waals surface area contributed by atoms with Gasteiger partial charge in [0.25, 0.3) is 5.91 Å². The van der Waals surface area contributed by atoms with Crippen molar-refractivity contribution >= 4 is 29.4 Å². The van der Waals surface area contributed by atoms with E-state index in [1.807, 2.05) is 0 Å². The third-order valence-corrected chi connectivity index (χ3v) is 4.48. The minimum atomic E-state index is -4.85. The Bertz CT molecular complexity index is 1110. The van der Waals surface area contributed by atoms with Crippen molar-refractivity contribution in [1.29, 1.82) is 0 Å². The highest BCUT2D eigenvalue weighted by Crippen LogP contribution is 2.36. The first-order chi connectivity index (χ1) is 14.8. The van der Waals surface area contributed by atoms with Crippen molar-refractivity contribution < 1.29 is 37.0 Å². The number of alkyl halides is 3. The largest absolute Gasteiger partial charge is 0.462 e. The minimum absolute atomic E-state index is 0.0130. The predicted molar refractivity (Wildman–Crippen MR) is 104 cm³/mol. The zero-order valence-electron chi connectivity index (χ0n) is 16.1. The number of amides is 1. The van der Waals surface area contributed by atoms with Gasteiger partial charge in [-0.3, -0.25) is 4.79 Å². The number of fused-ring (bicyclic) bond motifs is 1. The van der Waals surface area contributed by atoms with Gasteiger partial charge in [-0.2, -0.15) is 23.3 Å². The van der Waals surface area contributed by atoms with Crippen molar-refractivity contribution in [3.05, 3.63) is 59.2 Å². The Morgan fingerprint density at radius 3 is 2.55 bits per heavy atom. The Labute approximate surface area is 174 Å². The lowest BCUT2D eigenvalue weighted by molar-refractivity contribution is -0.114. The summed E-state index contributed by atoms with van der Waals surface area (Å²) < 4.78 is 56.1. The molecule has 160 valence electrons. The van der Waals surface area contributed by atoms with Crippen molar-refractivity contribution in [1.82, 2.24) is 0 Å². The number of anilines is 1. The van der Waals surface area contributed by atoms with Crippen LogP contribution in [-0.4, -0.2) is 37.2 Å². The maximum atomic E-state index is 13.6. The first-order valence-corrected chi connectivity index (χ1v) is 9.17. The lowest BCUT2D eigenvalue weighted by Crippen LogP contribution is -2.25. The molecule has 0 spiro atoms. The summed E-state index contributed by atoms with van der Waals surface area (Å²) in [6.07, 6.45) is -3.75. The summed E-state index contributed by atoms with van der Waals surface area (Å²) >= 11 is 0. The van der Waals surface area contributed by atoms with Crippen LogP contribution >= 0.6 is 0 Å². The van der Waals surface area contributed by atoms with E-state index in [9.17, 15) is 22.8 Å². The number of rotatable bonds is 4. The summed E-state index contributed by atoms with van der Waals surface area (Å²) in [4.78, 5) is 24.6. The highest BCUT2D eigenvalue weighted by Gasteiger charge is 2.46. The summed E-state index contributed by atoms with van der Waals surface area (Å²) in [5.74, 6) is -0.692. The van der Waals surface area contributed by atoms with Gasteiger partial charge in [0.05, 0.1) is 23.4 Å². The molecule has 7 nitrogen and oxygen atoms in total. The molecule has 0 saturated heterocycles. The van der Waals surface area contributed by atoms with Gasteiger partial charge >= 0.3 is 12.1 Å². The highest BCUT2D eigenvalue weighted by atomic mass is 19.4. The number of hydrazone groups is 1. The van der Waals surface area contributed by atoms with Gasteiger partial charge in [-0.15, -0.1) is 0 Å².